The SMILES string of the molecule is COCc1ccc(C(=O)NCCc2nnc(SCc3cccc(Cl)c3)n2C)o1. The fraction of sp³-hybridized carbons (Fsp3) is 0.316. The van der Waals surface area contributed by atoms with Gasteiger partial charge in [0.2, 0.25) is 0 Å². The summed E-state index contributed by atoms with van der Waals surface area (Å²) in [7, 11) is 3.49. The molecule has 3 rings (SSSR count). The van der Waals surface area contributed by atoms with Gasteiger partial charge >= 0.3 is 0 Å². The zero-order chi connectivity index (χ0) is 19.9. The Kier molecular flexibility index (Phi) is 7.13. The van der Waals surface area contributed by atoms with Gasteiger partial charge in [0.1, 0.15) is 18.2 Å². The average Bonchev–Trinajstić information content (AvgIpc) is 3.28. The molecule has 148 valence electrons. The molecule has 9 heteroatoms. The van der Waals surface area contributed by atoms with E-state index in [4.69, 9.17) is 20.8 Å². The van der Waals surface area contributed by atoms with Crippen molar-refractivity contribution in [3.05, 3.63) is 64.3 Å². The summed E-state index contributed by atoms with van der Waals surface area (Å²) in [6.07, 6.45) is 0.568. The lowest BCUT2D eigenvalue weighted by Gasteiger charge is -2.05. The molecule has 0 aliphatic rings. The highest BCUT2D eigenvalue weighted by Gasteiger charge is 2.13. The number of carbonyl (C=O) groups excluding carboxylic acids is 1. The molecule has 1 amide bonds. The summed E-state index contributed by atoms with van der Waals surface area (Å²) in [5.74, 6) is 2.17. The topological polar surface area (TPSA) is 82.2 Å². The van der Waals surface area contributed by atoms with Crippen molar-refractivity contribution in [2.24, 2.45) is 7.05 Å². The standard InChI is InChI=1S/C19H21ClN4O3S/c1-24-17(8-9-21-18(25)16-7-6-15(27-16)11-26-2)22-23-19(24)28-12-13-4-3-5-14(20)10-13/h3-7,10H,8-9,11-12H2,1-2H3,(H,21,25). The number of rotatable bonds is 9. The van der Waals surface area contributed by atoms with Crippen molar-refractivity contribution < 1.29 is 13.9 Å². The van der Waals surface area contributed by atoms with Gasteiger partial charge in [-0.25, -0.2) is 0 Å². The minimum absolute atomic E-state index is 0.264. The first-order chi connectivity index (χ1) is 13.6. The molecule has 7 nitrogen and oxygen atoms in total. The third kappa shape index (κ3) is 5.37. The van der Waals surface area contributed by atoms with Crippen LogP contribution in [0.25, 0.3) is 0 Å². The number of ether oxygens (including phenoxy) is 1. The van der Waals surface area contributed by atoms with E-state index in [9.17, 15) is 4.79 Å². The number of thioether (sulfide) groups is 1. The highest BCUT2D eigenvalue weighted by atomic mass is 35.5. The third-order valence-corrected chi connectivity index (χ3v) is 5.31. The Morgan fingerprint density at radius 3 is 2.96 bits per heavy atom. The van der Waals surface area contributed by atoms with E-state index in [1.165, 1.54) is 0 Å². The Morgan fingerprint density at radius 1 is 1.32 bits per heavy atom. The summed E-state index contributed by atoms with van der Waals surface area (Å²) in [6.45, 7) is 0.770. The fourth-order valence-corrected chi connectivity index (χ4v) is 3.64. The van der Waals surface area contributed by atoms with Gasteiger partial charge in [0.15, 0.2) is 10.9 Å². The molecule has 2 heterocycles. The lowest BCUT2D eigenvalue weighted by Crippen LogP contribution is -2.26. The second-order valence-electron chi connectivity index (χ2n) is 6.08. The number of furan rings is 1. The van der Waals surface area contributed by atoms with Crippen LogP contribution in [-0.2, 0) is 30.6 Å². The molecule has 0 atom stereocenters. The van der Waals surface area contributed by atoms with Crippen LogP contribution in [0.15, 0.2) is 46.0 Å². The van der Waals surface area contributed by atoms with Crippen LogP contribution in [-0.4, -0.2) is 34.3 Å². The number of carbonyl (C=O) groups is 1. The Hall–Kier alpha value is -2.29. The summed E-state index contributed by atoms with van der Waals surface area (Å²) in [5.41, 5.74) is 1.13. The first-order valence-corrected chi connectivity index (χ1v) is 10.0. The molecule has 0 radical (unpaired) electrons. The molecule has 0 unspecified atom stereocenters. The van der Waals surface area contributed by atoms with Crippen LogP contribution >= 0.6 is 23.4 Å². The van der Waals surface area contributed by atoms with Gasteiger partial charge in [-0.2, -0.15) is 0 Å². The Balaban J connectivity index is 1.49. The number of hydrogen-bond acceptors (Lipinski definition) is 6. The molecular weight excluding hydrogens is 400 g/mol. The van der Waals surface area contributed by atoms with Gasteiger partial charge in [0.25, 0.3) is 5.91 Å². The van der Waals surface area contributed by atoms with Crippen LogP contribution in [0.5, 0.6) is 0 Å². The fourth-order valence-electron chi connectivity index (χ4n) is 2.56. The molecule has 0 spiro atoms. The van der Waals surface area contributed by atoms with E-state index in [0.29, 0.717) is 25.3 Å². The maximum atomic E-state index is 12.1. The monoisotopic (exact) mass is 420 g/mol. The third-order valence-electron chi connectivity index (χ3n) is 3.99. The van der Waals surface area contributed by atoms with E-state index < -0.39 is 0 Å². The molecular formula is C19H21ClN4O3S. The molecule has 0 bridgehead atoms. The van der Waals surface area contributed by atoms with Gasteiger partial charge in [0.05, 0.1) is 0 Å². The smallest absolute Gasteiger partial charge is 0.287 e. The van der Waals surface area contributed by atoms with Gasteiger partial charge in [0, 0.05) is 37.9 Å². The van der Waals surface area contributed by atoms with Crippen molar-refractivity contribution >= 4 is 29.3 Å². The van der Waals surface area contributed by atoms with Gasteiger partial charge < -0.3 is 19.0 Å². The molecule has 3 aromatic rings. The molecule has 0 saturated carbocycles. The zero-order valence-electron chi connectivity index (χ0n) is 15.6. The number of aromatic nitrogens is 3. The predicted molar refractivity (Wildman–Crippen MR) is 107 cm³/mol. The van der Waals surface area contributed by atoms with Crippen LogP contribution in [0.4, 0.5) is 0 Å². The summed E-state index contributed by atoms with van der Waals surface area (Å²) >= 11 is 7.61. The summed E-state index contributed by atoms with van der Waals surface area (Å²) in [6, 6.07) is 11.1. The Labute approximate surface area is 172 Å². The molecule has 1 aromatic carbocycles. The number of hydrogen-bond donors (Lipinski definition) is 1. The molecule has 28 heavy (non-hydrogen) atoms. The molecule has 0 fully saturated rings. The van der Waals surface area contributed by atoms with Crippen LogP contribution in [0.1, 0.15) is 27.7 Å². The molecule has 2 aromatic heterocycles. The first-order valence-electron chi connectivity index (χ1n) is 8.68. The largest absolute Gasteiger partial charge is 0.453 e. The van der Waals surface area contributed by atoms with Crippen molar-refractivity contribution in [1.82, 2.24) is 20.1 Å². The van der Waals surface area contributed by atoms with Gasteiger partial charge in [-0.1, -0.05) is 35.5 Å². The van der Waals surface area contributed by atoms with Crippen molar-refractivity contribution in [2.45, 2.75) is 23.9 Å². The van der Waals surface area contributed by atoms with E-state index in [2.05, 4.69) is 15.5 Å². The lowest BCUT2D eigenvalue weighted by atomic mass is 10.2. The highest BCUT2D eigenvalue weighted by Crippen LogP contribution is 2.22. The number of amides is 1. The zero-order valence-corrected chi connectivity index (χ0v) is 17.2. The lowest BCUT2D eigenvalue weighted by molar-refractivity contribution is 0.0917. The van der Waals surface area contributed by atoms with Crippen LogP contribution in [0.3, 0.4) is 0 Å². The minimum atomic E-state index is -0.264. The summed E-state index contributed by atoms with van der Waals surface area (Å²) in [5, 5.41) is 12.8. The Morgan fingerprint density at radius 2 is 2.18 bits per heavy atom. The van der Waals surface area contributed by atoms with E-state index in [0.717, 1.165) is 27.3 Å². The normalized spacial score (nSPS) is 11.0. The van der Waals surface area contributed by atoms with Crippen molar-refractivity contribution in [2.75, 3.05) is 13.7 Å². The number of methoxy groups -OCH3 is 1. The number of benzene rings is 1. The maximum absolute atomic E-state index is 12.1. The average molecular weight is 421 g/mol. The van der Waals surface area contributed by atoms with E-state index in [1.807, 2.05) is 35.9 Å². The quantitative estimate of drug-likeness (QED) is 0.534. The van der Waals surface area contributed by atoms with Crippen LogP contribution in [0, 0.1) is 0 Å². The highest BCUT2D eigenvalue weighted by molar-refractivity contribution is 7.98. The van der Waals surface area contributed by atoms with E-state index in [-0.39, 0.29) is 11.7 Å². The van der Waals surface area contributed by atoms with E-state index in [1.54, 1.807) is 31.0 Å². The van der Waals surface area contributed by atoms with Crippen molar-refractivity contribution in [3.63, 3.8) is 0 Å². The van der Waals surface area contributed by atoms with Crippen LogP contribution in [0.2, 0.25) is 5.02 Å². The molecule has 0 aliphatic carbocycles. The first kappa shape index (κ1) is 20.4. The number of nitrogens with zero attached hydrogens (tertiary/aromatic N) is 3. The maximum Gasteiger partial charge on any atom is 0.287 e. The van der Waals surface area contributed by atoms with Gasteiger partial charge in [-0.3, -0.25) is 4.79 Å². The second kappa shape index (κ2) is 9.77. The molecule has 0 saturated heterocycles. The second-order valence-corrected chi connectivity index (χ2v) is 7.46. The van der Waals surface area contributed by atoms with Gasteiger partial charge in [-0.15, -0.1) is 10.2 Å². The summed E-state index contributed by atoms with van der Waals surface area (Å²) < 4.78 is 12.3. The van der Waals surface area contributed by atoms with Crippen LogP contribution < -0.4 is 5.32 Å². The summed E-state index contributed by atoms with van der Waals surface area (Å²) in [4.78, 5) is 12.1. The Bertz CT molecular complexity index is 941. The van der Waals surface area contributed by atoms with E-state index >= 15 is 0 Å². The van der Waals surface area contributed by atoms with Crippen molar-refractivity contribution in [1.29, 1.82) is 0 Å². The minimum Gasteiger partial charge on any atom is -0.453 e. The van der Waals surface area contributed by atoms with Gasteiger partial charge in [-0.05, 0) is 29.8 Å². The predicted octanol–water partition coefficient (Wildman–Crippen LogP) is 3.47. The van der Waals surface area contributed by atoms with Crippen molar-refractivity contribution in [3.8, 4) is 0 Å². The number of halogens is 1. The molecule has 1 N–H and O–H groups in total. The number of nitrogens with one attached hydrogen (secondary N) is 1. The molecule has 0 aliphatic heterocycles.